The van der Waals surface area contributed by atoms with Crippen molar-refractivity contribution in [2.45, 2.75) is 25.6 Å². The standard InChI is InChI=1S/C7H12O3/c8-4-2-1-3-7-9-5-6-10-7/h4,7H,1-3,5-6H2. The summed E-state index contributed by atoms with van der Waals surface area (Å²) >= 11 is 0. The number of rotatable bonds is 4. The molecule has 0 atom stereocenters. The molecule has 0 bridgehead atoms. The molecular weight excluding hydrogens is 132 g/mol. The Kier molecular flexibility index (Phi) is 3.40. The van der Waals surface area contributed by atoms with Crippen molar-refractivity contribution < 1.29 is 14.3 Å². The molecule has 0 unspecified atom stereocenters. The third-order valence-corrected chi connectivity index (χ3v) is 1.45. The third kappa shape index (κ3) is 2.45. The van der Waals surface area contributed by atoms with E-state index in [0.717, 1.165) is 19.1 Å². The average molecular weight is 144 g/mol. The molecule has 10 heavy (non-hydrogen) atoms. The molecular formula is C7H12O3. The molecule has 1 heterocycles. The van der Waals surface area contributed by atoms with E-state index in [1.165, 1.54) is 0 Å². The highest BCUT2D eigenvalue weighted by Gasteiger charge is 2.14. The maximum atomic E-state index is 9.90. The molecule has 0 radical (unpaired) electrons. The van der Waals surface area contributed by atoms with Gasteiger partial charge < -0.3 is 14.3 Å². The second-order valence-corrected chi connectivity index (χ2v) is 2.27. The summed E-state index contributed by atoms with van der Waals surface area (Å²) < 4.78 is 10.3. The molecule has 58 valence electrons. The van der Waals surface area contributed by atoms with Crippen molar-refractivity contribution in [3.63, 3.8) is 0 Å². The molecule has 0 saturated carbocycles. The first-order chi connectivity index (χ1) is 4.93. The van der Waals surface area contributed by atoms with Crippen LogP contribution >= 0.6 is 0 Å². The van der Waals surface area contributed by atoms with Gasteiger partial charge in [0.1, 0.15) is 6.29 Å². The summed E-state index contributed by atoms with van der Waals surface area (Å²) in [6, 6.07) is 0. The molecule has 1 saturated heterocycles. The highest BCUT2D eigenvalue weighted by molar-refractivity contribution is 5.48. The lowest BCUT2D eigenvalue weighted by Crippen LogP contribution is -2.06. The van der Waals surface area contributed by atoms with Gasteiger partial charge >= 0.3 is 0 Å². The summed E-state index contributed by atoms with van der Waals surface area (Å²) in [6.45, 7) is 1.40. The number of aldehydes is 1. The van der Waals surface area contributed by atoms with E-state index in [2.05, 4.69) is 0 Å². The Morgan fingerprint density at radius 3 is 2.70 bits per heavy atom. The minimum absolute atomic E-state index is 0.0417. The number of ether oxygens (including phenoxy) is 2. The first kappa shape index (κ1) is 7.69. The molecule has 0 aromatic heterocycles. The highest BCUT2D eigenvalue weighted by Crippen LogP contribution is 2.10. The zero-order chi connectivity index (χ0) is 7.23. The Morgan fingerprint density at radius 1 is 1.40 bits per heavy atom. The Balaban J connectivity index is 1.96. The number of hydrogen-bond donors (Lipinski definition) is 0. The molecule has 0 N–H and O–H groups in total. The van der Waals surface area contributed by atoms with E-state index < -0.39 is 0 Å². The van der Waals surface area contributed by atoms with Gasteiger partial charge in [0.05, 0.1) is 13.2 Å². The largest absolute Gasteiger partial charge is 0.350 e. The molecule has 3 heteroatoms. The number of carbonyl (C=O) groups is 1. The van der Waals surface area contributed by atoms with Gasteiger partial charge in [0.2, 0.25) is 0 Å². The fraction of sp³-hybridized carbons (Fsp3) is 0.857. The van der Waals surface area contributed by atoms with Crippen molar-refractivity contribution in [3.05, 3.63) is 0 Å². The second-order valence-electron chi connectivity index (χ2n) is 2.27. The third-order valence-electron chi connectivity index (χ3n) is 1.45. The van der Waals surface area contributed by atoms with E-state index in [-0.39, 0.29) is 6.29 Å². The average Bonchev–Trinajstić information content (AvgIpc) is 2.41. The van der Waals surface area contributed by atoms with Crippen LogP contribution in [0.4, 0.5) is 0 Å². The fourth-order valence-electron chi connectivity index (χ4n) is 0.942. The SMILES string of the molecule is O=CCCCC1OCCO1. The zero-order valence-corrected chi connectivity index (χ0v) is 5.91. The topological polar surface area (TPSA) is 35.5 Å². The Bertz CT molecular complexity index is 97.0. The highest BCUT2D eigenvalue weighted by atomic mass is 16.7. The van der Waals surface area contributed by atoms with Crippen molar-refractivity contribution in [1.82, 2.24) is 0 Å². The van der Waals surface area contributed by atoms with Crippen LogP contribution < -0.4 is 0 Å². The lowest BCUT2D eigenvalue weighted by molar-refractivity contribution is -0.108. The van der Waals surface area contributed by atoms with Crippen molar-refractivity contribution in [2.75, 3.05) is 13.2 Å². The minimum Gasteiger partial charge on any atom is -0.350 e. The quantitative estimate of drug-likeness (QED) is 0.431. The van der Waals surface area contributed by atoms with Gasteiger partial charge in [-0.3, -0.25) is 0 Å². The van der Waals surface area contributed by atoms with E-state index >= 15 is 0 Å². The summed E-state index contributed by atoms with van der Waals surface area (Å²) in [6.07, 6.45) is 3.21. The van der Waals surface area contributed by atoms with Crippen molar-refractivity contribution in [2.24, 2.45) is 0 Å². The van der Waals surface area contributed by atoms with Crippen LogP contribution in [-0.4, -0.2) is 25.8 Å². The molecule has 0 aliphatic carbocycles. The van der Waals surface area contributed by atoms with Gasteiger partial charge in [-0.15, -0.1) is 0 Å². The molecule has 1 aliphatic heterocycles. The molecule has 0 aromatic rings. The summed E-state index contributed by atoms with van der Waals surface area (Å²) in [4.78, 5) is 9.90. The molecule has 1 rings (SSSR count). The van der Waals surface area contributed by atoms with Gasteiger partial charge in [-0.1, -0.05) is 0 Å². The van der Waals surface area contributed by atoms with E-state index in [4.69, 9.17) is 9.47 Å². The van der Waals surface area contributed by atoms with E-state index in [9.17, 15) is 4.79 Å². The normalized spacial score (nSPS) is 19.6. The van der Waals surface area contributed by atoms with Gasteiger partial charge in [-0.2, -0.15) is 0 Å². The number of carbonyl (C=O) groups excluding carboxylic acids is 1. The Morgan fingerprint density at radius 2 is 2.10 bits per heavy atom. The van der Waals surface area contributed by atoms with E-state index in [0.29, 0.717) is 19.6 Å². The molecule has 3 nitrogen and oxygen atoms in total. The number of hydrogen-bond acceptors (Lipinski definition) is 3. The summed E-state index contributed by atoms with van der Waals surface area (Å²) in [5.74, 6) is 0. The zero-order valence-electron chi connectivity index (χ0n) is 5.91. The monoisotopic (exact) mass is 144 g/mol. The van der Waals surface area contributed by atoms with Crippen LogP contribution in [0.3, 0.4) is 0 Å². The maximum absolute atomic E-state index is 9.90. The van der Waals surface area contributed by atoms with Crippen LogP contribution in [0.2, 0.25) is 0 Å². The molecule has 1 fully saturated rings. The fourth-order valence-corrected chi connectivity index (χ4v) is 0.942. The van der Waals surface area contributed by atoms with E-state index in [1.54, 1.807) is 0 Å². The second kappa shape index (κ2) is 4.41. The first-order valence-corrected chi connectivity index (χ1v) is 3.60. The molecule has 0 aromatic carbocycles. The molecule has 0 amide bonds. The van der Waals surface area contributed by atoms with Crippen LogP contribution in [0.5, 0.6) is 0 Å². The van der Waals surface area contributed by atoms with Gasteiger partial charge in [-0.05, 0) is 12.8 Å². The summed E-state index contributed by atoms with van der Waals surface area (Å²) in [7, 11) is 0. The van der Waals surface area contributed by atoms with E-state index in [1.807, 2.05) is 0 Å². The van der Waals surface area contributed by atoms with Crippen molar-refractivity contribution >= 4 is 6.29 Å². The van der Waals surface area contributed by atoms with Gasteiger partial charge in [0.25, 0.3) is 0 Å². The number of unbranched alkanes of at least 4 members (excludes halogenated alkanes) is 1. The van der Waals surface area contributed by atoms with Gasteiger partial charge in [0.15, 0.2) is 6.29 Å². The van der Waals surface area contributed by atoms with Crippen LogP contribution in [0.25, 0.3) is 0 Å². The lowest BCUT2D eigenvalue weighted by atomic mass is 10.2. The smallest absolute Gasteiger partial charge is 0.157 e. The molecule has 0 spiro atoms. The Labute approximate surface area is 60.3 Å². The van der Waals surface area contributed by atoms with Crippen molar-refractivity contribution in [1.29, 1.82) is 0 Å². The van der Waals surface area contributed by atoms with Gasteiger partial charge in [0, 0.05) is 6.42 Å². The Hall–Kier alpha value is -0.410. The first-order valence-electron chi connectivity index (χ1n) is 3.60. The predicted octanol–water partition coefficient (Wildman–Crippen LogP) is 0.728. The van der Waals surface area contributed by atoms with Crippen molar-refractivity contribution in [3.8, 4) is 0 Å². The lowest BCUT2D eigenvalue weighted by Gasteiger charge is -2.05. The van der Waals surface area contributed by atoms with Gasteiger partial charge in [-0.25, -0.2) is 0 Å². The summed E-state index contributed by atoms with van der Waals surface area (Å²) in [5, 5.41) is 0. The summed E-state index contributed by atoms with van der Waals surface area (Å²) in [5.41, 5.74) is 0. The molecule has 1 aliphatic rings. The van der Waals surface area contributed by atoms with Crippen LogP contribution in [0, 0.1) is 0 Å². The van der Waals surface area contributed by atoms with Crippen LogP contribution in [0.1, 0.15) is 19.3 Å². The predicted molar refractivity (Wildman–Crippen MR) is 35.6 cm³/mol. The maximum Gasteiger partial charge on any atom is 0.157 e. The van der Waals surface area contributed by atoms with Crippen LogP contribution in [0.15, 0.2) is 0 Å². The minimum atomic E-state index is -0.0417. The van der Waals surface area contributed by atoms with Crippen LogP contribution in [-0.2, 0) is 14.3 Å².